The smallest absolute Gasteiger partial charge is 0.349 e. The van der Waals surface area contributed by atoms with Crippen LogP contribution in [0, 0.1) is 6.92 Å². The van der Waals surface area contributed by atoms with Crippen LogP contribution in [0.1, 0.15) is 52.0 Å². The second-order valence-electron chi connectivity index (χ2n) is 10.8. The highest BCUT2D eigenvalue weighted by Gasteiger charge is 2.41. The molecule has 3 heterocycles. The summed E-state index contributed by atoms with van der Waals surface area (Å²) in [6.07, 6.45) is 0.215. The maximum Gasteiger partial charge on any atom is 0.349 e. The molecule has 0 saturated carbocycles. The van der Waals surface area contributed by atoms with E-state index in [0.29, 0.717) is 6.61 Å². The minimum atomic E-state index is -0.255. The first-order valence-electron chi connectivity index (χ1n) is 13.9. The van der Waals surface area contributed by atoms with Gasteiger partial charge in [-0.3, -0.25) is 4.79 Å². The van der Waals surface area contributed by atoms with Crippen LogP contribution in [-0.4, -0.2) is 29.6 Å². The summed E-state index contributed by atoms with van der Waals surface area (Å²) in [7, 11) is 1.44. The van der Waals surface area contributed by atoms with E-state index in [2.05, 4.69) is 90.5 Å². The summed E-state index contributed by atoms with van der Waals surface area (Å²) in [4.78, 5) is 14.9. The molecule has 40 heavy (non-hydrogen) atoms. The Morgan fingerprint density at radius 1 is 1.07 bits per heavy atom. The number of benzene rings is 3. The molecule has 1 aliphatic rings. The summed E-state index contributed by atoms with van der Waals surface area (Å²) < 4.78 is 16.3. The first kappa shape index (κ1) is 27.7. The van der Waals surface area contributed by atoms with Crippen LogP contribution in [0.3, 0.4) is 0 Å². The fraction of sp³-hybridized carbons (Fsp3) is 0.333. The largest absolute Gasteiger partial charge is 0.488 e. The molecule has 6 rings (SSSR count). The summed E-state index contributed by atoms with van der Waals surface area (Å²) in [6.45, 7) is 13.0. The van der Waals surface area contributed by atoms with Gasteiger partial charge in [0, 0.05) is 16.5 Å². The number of carbonyl (C=O) groups is 1. The van der Waals surface area contributed by atoms with Crippen molar-refractivity contribution in [3.05, 3.63) is 71.6 Å². The Balaban J connectivity index is 0.00000158. The minimum absolute atomic E-state index is 0.214. The second kappa shape index (κ2) is 11.0. The topological polar surface area (TPSA) is 55.9 Å². The fourth-order valence-electron chi connectivity index (χ4n) is 5.42. The lowest BCUT2D eigenvalue weighted by Gasteiger charge is -2.21. The van der Waals surface area contributed by atoms with Gasteiger partial charge >= 0.3 is 10.9 Å². The summed E-state index contributed by atoms with van der Waals surface area (Å²) in [5.74, 6) is 1.58. The number of esters is 1. The number of ether oxygens (including phenoxy) is 2. The van der Waals surface area contributed by atoms with Crippen molar-refractivity contribution >= 4 is 38.9 Å². The average molecular weight is 557 g/mol. The van der Waals surface area contributed by atoms with Gasteiger partial charge in [-0.25, -0.2) is 4.57 Å². The minimum Gasteiger partial charge on any atom is -0.488 e. The van der Waals surface area contributed by atoms with Gasteiger partial charge in [-0.15, -0.1) is 0 Å². The molecular weight excluding hydrogens is 518 g/mol. The van der Waals surface area contributed by atoms with Gasteiger partial charge in [0.15, 0.2) is 5.69 Å². The average Bonchev–Trinajstić information content (AvgIpc) is 3.37. The van der Waals surface area contributed by atoms with Crippen molar-refractivity contribution in [3.63, 3.8) is 0 Å². The van der Waals surface area contributed by atoms with E-state index in [-0.39, 0.29) is 24.0 Å². The number of nitrogens with zero attached hydrogens (tertiary/aromatic N) is 2. The lowest BCUT2D eigenvalue weighted by Crippen LogP contribution is -2.43. The highest BCUT2D eigenvalue weighted by Crippen LogP contribution is 2.45. The maximum atomic E-state index is 12.6. The summed E-state index contributed by atoms with van der Waals surface area (Å²) in [5, 5.41) is 6.02. The quantitative estimate of drug-likeness (QED) is 0.181. The van der Waals surface area contributed by atoms with Gasteiger partial charge in [0.25, 0.3) is 0 Å². The van der Waals surface area contributed by atoms with E-state index in [1.807, 2.05) is 32.0 Å². The number of anilines is 1. The maximum absolute atomic E-state index is 12.6. The van der Waals surface area contributed by atoms with E-state index in [0.717, 1.165) is 49.8 Å². The number of carbonyl (C=O) groups excluding carboxylic acids is 1. The Labute approximate surface area is 240 Å². The molecule has 0 saturated heterocycles. The molecule has 1 aliphatic heterocycles. The number of thiazole rings is 1. The van der Waals surface area contributed by atoms with Crippen molar-refractivity contribution in [1.29, 1.82) is 0 Å². The molecule has 1 unspecified atom stereocenters. The first-order valence-corrected chi connectivity index (χ1v) is 14.7. The number of fused-ring (bicyclic) bond motifs is 7. The predicted molar refractivity (Wildman–Crippen MR) is 164 cm³/mol. The molecule has 0 amide bonds. The van der Waals surface area contributed by atoms with Gasteiger partial charge in [-0.1, -0.05) is 85.8 Å². The van der Waals surface area contributed by atoms with E-state index >= 15 is 0 Å². The molecule has 0 radical (unpaired) electrons. The molecule has 3 aromatic carbocycles. The molecular formula is C33H38N3O3S+. The van der Waals surface area contributed by atoms with E-state index in [1.54, 1.807) is 11.3 Å². The van der Waals surface area contributed by atoms with Crippen LogP contribution in [-0.2, 0) is 9.53 Å². The highest BCUT2D eigenvalue weighted by molar-refractivity contribution is 7.17. The van der Waals surface area contributed by atoms with Gasteiger partial charge < -0.3 is 14.8 Å². The molecule has 0 fully saturated rings. The third-order valence-electron chi connectivity index (χ3n) is 6.98. The van der Waals surface area contributed by atoms with E-state index in [9.17, 15) is 4.79 Å². The van der Waals surface area contributed by atoms with Gasteiger partial charge in [0.2, 0.25) is 11.5 Å². The van der Waals surface area contributed by atoms with Crippen LogP contribution in [0.15, 0.2) is 66.7 Å². The lowest BCUT2D eigenvalue weighted by atomic mass is 10.0. The normalized spacial score (nSPS) is 14.4. The van der Waals surface area contributed by atoms with Crippen LogP contribution >= 0.6 is 11.3 Å². The molecule has 1 N–H and O–H groups in total. The Bertz CT molecular complexity index is 1680. The fourth-order valence-corrected chi connectivity index (χ4v) is 6.62. The Morgan fingerprint density at radius 2 is 1.77 bits per heavy atom. The third kappa shape index (κ3) is 4.83. The number of imidazole rings is 1. The molecule has 2 aromatic heterocycles. The van der Waals surface area contributed by atoms with Crippen molar-refractivity contribution in [2.24, 2.45) is 0 Å². The standard InChI is InChI=1S/C31H32N3O3S.C2H6/c1-19-26(21-12-7-6-8-13-21)34-29(32-31(2,3)4)27-24-16-15-20-11-9-10-14-23(20)28(24)37-18-22(17-25(35)36-5)33(27)30(34)38-19;1-2/h6-16,22,32H,17-18H2,1-5H3;1-2H3/q+1;. The van der Waals surface area contributed by atoms with E-state index in [1.165, 1.54) is 12.0 Å². The number of rotatable bonds is 4. The van der Waals surface area contributed by atoms with Crippen LogP contribution in [0.25, 0.3) is 38.2 Å². The Morgan fingerprint density at radius 3 is 2.48 bits per heavy atom. The predicted octanol–water partition coefficient (Wildman–Crippen LogP) is 7.82. The molecule has 0 aliphatic carbocycles. The van der Waals surface area contributed by atoms with Gasteiger partial charge in [-0.05, 0) is 39.1 Å². The molecule has 5 aromatic rings. The Kier molecular flexibility index (Phi) is 7.60. The van der Waals surface area contributed by atoms with Crippen LogP contribution in [0.5, 0.6) is 5.75 Å². The van der Waals surface area contributed by atoms with Crippen molar-refractivity contribution in [1.82, 2.24) is 4.40 Å². The van der Waals surface area contributed by atoms with Crippen LogP contribution < -0.4 is 14.6 Å². The van der Waals surface area contributed by atoms with Crippen LogP contribution in [0.4, 0.5) is 5.82 Å². The number of hydrogen-bond acceptors (Lipinski definition) is 5. The molecule has 0 bridgehead atoms. The van der Waals surface area contributed by atoms with E-state index in [4.69, 9.17) is 9.47 Å². The van der Waals surface area contributed by atoms with Crippen molar-refractivity contribution < 1.29 is 18.8 Å². The molecule has 6 nitrogen and oxygen atoms in total. The summed E-state index contributed by atoms with van der Waals surface area (Å²) in [6, 6.07) is 22.9. The highest BCUT2D eigenvalue weighted by atomic mass is 32.1. The second-order valence-corrected chi connectivity index (χ2v) is 12.0. The first-order chi connectivity index (χ1) is 19.3. The number of methoxy groups -OCH3 is 1. The van der Waals surface area contributed by atoms with Crippen molar-refractivity contribution in [2.75, 3.05) is 19.0 Å². The zero-order chi connectivity index (χ0) is 28.6. The SMILES string of the molecule is CC.COC(=O)CC1COc2c(ccc3ccccc23)-c2c(NC(C)(C)C)n3c(-c4ccccc4)c(C)sc3[n+]21. The van der Waals surface area contributed by atoms with E-state index < -0.39 is 0 Å². The van der Waals surface area contributed by atoms with Gasteiger partial charge in [0.05, 0.1) is 24.0 Å². The zero-order valence-electron chi connectivity index (χ0n) is 24.4. The molecule has 208 valence electrons. The number of hydrogen-bond donors (Lipinski definition) is 1. The van der Waals surface area contributed by atoms with Gasteiger partial charge in [0.1, 0.15) is 18.4 Å². The zero-order valence-corrected chi connectivity index (χ0v) is 25.2. The number of aromatic nitrogens is 2. The summed E-state index contributed by atoms with van der Waals surface area (Å²) in [5.41, 5.74) is 4.12. The number of aryl methyl sites for hydroxylation is 1. The third-order valence-corrected chi connectivity index (χ3v) is 8.04. The van der Waals surface area contributed by atoms with Gasteiger partial charge in [-0.2, -0.15) is 4.40 Å². The van der Waals surface area contributed by atoms with Crippen LogP contribution in [0.2, 0.25) is 0 Å². The van der Waals surface area contributed by atoms with Crippen molar-refractivity contribution in [2.45, 2.75) is 59.5 Å². The molecule has 1 atom stereocenters. The monoisotopic (exact) mass is 556 g/mol. The Hall–Kier alpha value is -3.84. The molecule has 7 heteroatoms. The lowest BCUT2D eigenvalue weighted by molar-refractivity contribution is -0.684. The number of nitrogens with one attached hydrogen (secondary N) is 1. The van der Waals surface area contributed by atoms with Crippen molar-refractivity contribution in [3.8, 4) is 28.3 Å². The molecule has 0 spiro atoms. The summed E-state index contributed by atoms with van der Waals surface area (Å²) >= 11 is 1.74.